The fraction of sp³-hybridized carbons (Fsp3) is 0.154. The molecule has 0 saturated carbocycles. The van der Waals surface area contributed by atoms with Gasteiger partial charge in [-0.25, -0.2) is 14.7 Å². The summed E-state index contributed by atoms with van der Waals surface area (Å²) in [6.45, 7) is 1.64. The maximum Gasteiger partial charge on any atom is 0.415 e. The summed E-state index contributed by atoms with van der Waals surface area (Å²) in [5.41, 5.74) is 0.751. The maximum absolute atomic E-state index is 11.5. The van der Waals surface area contributed by atoms with Crippen molar-refractivity contribution >= 4 is 17.7 Å². The first-order chi connectivity index (χ1) is 10.4. The third kappa shape index (κ3) is 2.85. The van der Waals surface area contributed by atoms with Crippen LogP contribution in [-0.4, -0.2) is 27.0 Å². The molecule has 1 unspecified atom stereocenters. The summed E-state index contributed by atoms with van der Waals surface area (Å²) in [6.07, 6.45) is 1.84. The van der Waals surface area contributed by atoms with E-state index in [4.69, 9.17) is 5.26 Å². The molecule has 1 atom stereocenters. The quantitative estimate of drug-likeness (QED) is 0.371. The molecule has 1 amide bonds. The van der Waals surface area contributed by atoms with Gasteiger partial charge in [0.05, 0.1) is 11.0 Å². The Morgan fingerprint density at radius 1 is 1.59 bits per heavy atom. The molecule has 0 bridgehead atoms. The first-order valence-corrected chi connectivity index (χ1v) is 6.12. The van der Waals surface area contributed by atoms with Crippen molar-refractivity contribution in [1.29, 1.82) is 5.26 Å². The monoisotopic (exact) mass is 301 g/mol. The molecular formula is C13H11N5O4. The number of hydrogen-bond acceptors (Lipinski definition) is 6. The van der Waals surface area contributed by atoms with Crippen LogP contribution in [-0.2, 0) is 0 Å². The molecule has 9 nitrogen and oxygen atoms in total. The van der Waals surface area contributed by atoms with Gasteiger partial charge in [0.1, 0.15) is 0 Å². The molecule has 1 aliphatic heterocycles. The van der Waals surface area contributed by atoms with Crippen LogP contribution in [0.15, 0.2) is 41.0 Å². The number of nitriles is 1. The van der Waals surface area contributed by atoms with Crippen LogP contribution in [0.2, 0.25) is 0 Å². The third-order valence-electron chi connectivity index (χ3n) is 2.98. The predicted molar refractivity (Wildman–Crippen MR) is 75.6 cm³/mol. The van der Waals surface area contributed by atoms with Crippen LogP contribution in [0.5, 0.6) is 0 Å². The van der Waals surface area contributed by atoms with Gasteiger partial charge in [-0.3, -0.25) is 15.4 Å². The number of nitrogens with one attached hydrogen (secondary N) is 1. The number of hydrogen-bond donors (Lipinski definition) is 2. The minimum Gasteiger partial charge on any atom is -0.465 e. The Labute approximate surface area is 124 Å². The SMILES string of the molecule is CC1=CC(c2cccc([N+](=O)[O-])c2)N(C(=O)O)C(NC#N)=N1. The van der Waals surface area contributed by atoms with Crippen LogP contribution in [0.4, 0.5) is 10.5 Å². The second-order valence-corrected chi connectivity index (χ2v) is 4.43. The first kappa shape index (κ1) is 15.0. The summed E-state index contributed by atoms with van der Waals surface area (Å²) < 4.78 is 0. The molecule has 0 fully saturated rings. The molecule has 2 rings (SSSR count). The fourth-order valence-corrected chi connectivity index (χ4v) is 2.11. The lowest BCUT2D eigenvalue weighted by Gasteiger charge is -2.30. The van der Waals surface area contributed by atoms with E-state index < -0.39 is 17.1 Å². The van der Waals surface area contributed by atoms with Crippen LogP contribution in [0.25, 0.3) is 0 Å². The summed E-state index contributed by atoms with van der Waals surface area (Å²) in [7, 11) is 0. The number of nitro groups is 1. The average molecular weight is 301 g/mol. The normalized spacial score (nSPS) is 17.1. The Bertz CT molecular complexity index is 734. The van der Waals surface area contributed by atoms with E-state index in [1.807, 2.05) is 0 Å². The lowest BCUT2D eigenvalue weighted by molar-refractivity contribution is -0.384. The van der Waals surface area contributed by atoms with Gasteiger partial charge in [-0.05, 0) is 18.6 Å². The van der Waals surface area contributed by atoms with E-state index in [2.05, 4.69) is 10.3 Å². The van der Waals surface area contributed by atoms with Crippen LogP contribution in [0.3, 0.4) is 0 Å². The Balaban J connectivity index is 2.50. The summed E-state index contributed by atoms with van der Waals surface area (Å²) in [5.74, 6) is -0.147. The molecule has 22 heavy (non-hydrogen) atoms. The standard InChI is InChI=1S/C13H11N5O4/c1-8-5-11(9-3-2-4-10(6-9)18(21)22)17(13(19)20)12(16-8)15-7-14/h2-6,11H,1H3,(H,15,16)(H,19,20). The zero-order valence-corrected chi connectivity index (χ0v) is 11.4. The van der Waals surface area contributed by atoms with E-state index in [1.54, 1.807) is 25.3 Å². The van der Waals surface area contributed by atoms with Gasteiger partial charge in [0.2, 0.25) is 5.96 Å². The molecule has 1 heterocycles. The minimum absolute atomic E-state index is 0.147. The molecule has 0 saturated heterocycles. The molecule has 0 spiro atoms. The zero-order chi connectivity index (χ0) is 16.3. The van der Waals surface area contributed by atoms with Gasteiger partial charge < -0.3 is 5.11 Å². The van der Waals surface area contributed by atoms with Gasteiger partial charge in [0, 0.05) is 17.8 Å². The number of guanidine groups is 1. The highest BCUT2D eigenvalue weighted by Gasteiger charge is 2.31. The van der Waals surface area contributed by atoms with E-state index in [1.165, 1.54) is 18.2 Å². The van der Waals surface area contributed by atoms with Gasteiger partial charge in [0.15, 0.2) is 6.19 Å². The third-order valence-corrected chi connectivity index (χ3v) is 2.98. The molecule has 0 radical (unpaired) electrons. The van der Waals surface area contributed by atoms with Crippen molar-refractivity contribution in [3.8, 4) is 6.19 Å². The number of allylic oxidation sites excluding steroid dienone is 1. The molecule has 9 heteroatoms. The molecule has 1 aliphatic rings. The predicted octanol–water partition coefficient (Wildman–Crippen LogP) is 1.96. The Kier molecular flexibility index (Phi) is 4.04. The molecule has 112 valence electrons. The van der Waals surface area contributed by atoms with Crippen molar-refractivity contribution in [3.05, 3.63) is 51.7 Å². The number of carboxylic acid groups (broad SMARTS) is 1. The smallest absolute Gasteiger partial charge is 0.415 e. The van der Waals surface area contributed by atoms with E-state index in [9.17, 15) is 20.0 Å². The number of rotatable bonds is 2. The lowest BCUT2D eigenvalue weighted by atomic mass is 10.0. The topological polar surface area (TPSA) is 132 Å². The molecule has 2 N–H and O–H groups in total. The number of benzene rings is 1. The summed E-state index contributed by atoms with van der Waals surface area (Å²) in [5, 5.41) is 31.1. The van der Waals surface area contributed by atoms with Gasteiger partial charge in [-0.15, -0.1) is 0 Å². The molecule has 1 aromatic carbocycles. The van der Waals surface area contributed by atoms with E-state index in [0.29, 0.717) is 11.3 Å². The van der Waals surface area contributed by atoms with Crippen molar-refractivity contribution < 1.29 is 14.8 Å². The van der Waals surface area contributed by atoms with Crippen molar-refractivity contribution in [2.24, 2.45) is 4.99 Å². The largest absolute Gasteiger partial charge is 0.465 e. The van der Waals surface area contributed by atoms with Crippen LogP contribution < -0.4 is 5.32 Å². The summed E-state index contributed by atoms with van der Waals surface area (Å²) in [6, 6.07) is 4.84. The highest BCUT2D eigenvalue weighted by molar-refractivity contribution is 5.96. The number of nitrogens with zero attached hydrogens (tertiary/aromatic N) is 4. The number of aliphatic imine (C=N–C) groups is 1. The van der Waals surface area contributed by atoms with Crippen molar-refractivity contribution in [1.82, 2.24) is 10.2 Å². The van der Waals surface area contributed by atoms with Gasteiger partial charge >= 0.3 is 6.09 Å². The van der Waals surface area contributed by atoms with E-state index >= 15 is 0 Å². The van der Waals surface area contributed by atoms with Gasteiger partial charge in [-0.2, -0.15) is 5.26 Å². The Hall–Kier alpha value is -3.41. The second-order valence-electron chi connectivity index (χ2n) is 4.43. The molecular weight excluding hydrogens is 290 g/mol. The maximum atomic E-state index is 11.5. The van der Waals surface area contributed by atoms with Crippen molar-refractivity contribution in [2.75, 3.05) is 0 Å². The van der Waals surface area contributed by atoms with Crippen molar-refractivity contribution in [3.63, 3.8) is 0 Å². The molecule has 0 aliphatic carbocycles. The number of amides is 1. The fourth-order valence-electron chi connectivity index (χ4n) is 2.11. The lowest BCUT2D eigenvalue weighted by Crippen LogP contribution is -2.46. The molecule has 1 aromatic rings. The highest BCUT2D eigenvalue weighted by Crippen LogP contribution is 2.29. The Morgan fingerprint density at radius 3 is 2.91 bits per heavy atom. The summed E-state index contributed by atoms with van der Waals surface area (Å²) in [4.78, 5) is 26.6. The highest BCUT2D eigenvalue weighted by atomic mass is 16.6. The minimum atomic E-state index is -1.33. The van der Waals surface area contributed by atoms with Gasteiger partial charge in [-0.1, -0.05) is 12.1 Å². The Morgan fingerprint density at radius 2 is 2.32 bits per heavy atom. The average Bonchev–Trinajstić information content (AvgIpc) is 2.46. The first-order valence-electron chi connectivity index (χ1n) is 6.12. The van der Waals surface area contributed by atoms with Crippen molar-refractivity contribution in [2.45, 2.75) is 13.0 Å². The number of non-ortho nitro benzene ring substituents is 1. The molecule has 0 aromatic heterocycles. The van der Waals surface area contributed by atoms with E-state index in [-0.39, 0.29) is 11.6 Å². The van der Waals surface area contributed by atoms with Gasteiger partial charge in [0.25, 0.3) is 5.69 Å². The zero-order valence-electron chi connectivity index (χ0n) is 11.4. The number of nitro benzene ring substituents is 1. The van der Waals surface area contributed by atoms with E-state index in [0.717, 1.165) is 4.90 Å². The summed E-state index contributed by atoms with van der Waals surface area (Å²) >= 11 is 0. The number of carbonyl (C=O) groups is 1. The van der Waals surface area contributed by atoms with Crippen LogP contribution >= 0.6 is 0 Å². The second kappa shape index (κ2) is 5.92. The van der Waals surface area contributed by atoms with Crippen LogP contribution in [0, 0.1) is 21.6 Å². The van der Waals surface area contributed by atoms with Crippen LogP contribution in [0.1, 0.15) is 18.5 Å².